The number of benzene rings is 2. The minimum atomic E-state index is -1.02. The molecule has 34 heavy (non-hydrogen) atoms. The van der Waals surface area contributed by atoms with Crippen molar-refractivity contribution in [1.29, 1.82) is 0 Å². The summed E-state index contributed by atoms with van der Waals surface area (Å²) in [4.78, 5) is 35.9. The zero-order valence-corrected chi connectivity index (χ0v) is 20.0. The first-order chi connectivity index (χ1) is 16.3. The fraction of sp³-hybridized carbons (Fsp3) is 0.444. The normalized spacial score (nSPS) is 14.9. The number of aliphatic carboxylic acids is 1. The van der Waals surface area contributed by atoms with E-state index >= 15 is 0 Å². The Labute approximate surface area is 200 Å². The van der Waals surface area contributed by atoms with Crippen LogP contribution in [0.1, 0.15) is 57.1 Å². The van der Waals surface area contributed by atoms with Gasteiger partial charge in [0.05, 0.1) is 0 Å². The number of carbonyl (C=O) groups excluding carboxylic acids is 2. The van der Waals surface area contributed by atoms with Gasteiger partial charge in [-0.3, -0.25) is 4.79 Å². The number of rotatable bonds is 11. The summed E-state index contributed by atoms with van der Waals surface area (Å²) in [5, 5.41) is 14.7. The van der Waals surface area contributed by atoms with Crippen LogP contribution in [0.25, 0.3) is 11.1 Å². The highest BCUT2D eigenvalue weighted by atomic mass is 16.5. The van der Waals surface area contributed by atoms with Crippen molar-refractivity contribution >= 4 is 18.0 Å². The number of fused-ring (bicyclic) bond motifs is 3. The molecule has 3 atom stereocenters. The molecule has 1 aliphatic carbocycles. The fourth-order valence-corrected chi connectivity index (χ4v) is 4.40. The van der Waals surface area contributed by atoms with Gasteiger partial charge in [0.2, 0.25) is 5.91 Å². The summed E-state index contributed by atoms with van der Waals surface area (Å²) in [6, 6.07) is 15.5. The number of carbonyl (C=O) groups is 3. The van der Waals surface area contributed by atoms with E-state index in [4.69, 9.17) is 4.74 Å². The molecule has 2 amide bonds. The Kier molecular flexibility index (Phi) is 8.68. The molecule has 3 rings (SSSR count). The first kappa shape index (κ1) is 25.3. The predicted molar refractivity (Wildman–Crippen MR) is 130 cm³/mol. The summed E-state index contributed by atoms with van der Waals surface area (Å²) in [7, 11) is 0. The van der Waals surface area contributed by atoms with E-state index in [9.17, 15) is 19.5 Å². The molecule has 2 aromatic rings. The van der Waals surface area contributed by atoms with Crippen LogP contribution in [0.3, 0.4) is 0 Å². The quantitative estimate of drug-likeness (QED) is 0.450. The van der Waals surface area contributed by atoms with E-state index in [1.54, 1.807) is 6.92 Å². The maximum absolute atomic E-state index is 12.3. The van der Waals surface area contributed by atoms with Gasteiger partial charge in [0.1, 0.15) is 12.6 Å². The number of alkyl carbamates (subject to hydrolysis) is 1. The van der Waals surface area contributed by atoms with Crippen molar-refractivity contribution in [3.63, 3.8) is 0 Å². The zero-order chi connectivity index (χ0) is 24.7. The van der Waals surface area contributed by atoms with Crippen LogP contribution in [0.5, 0.6) is 0 Å². The van der Waals surface area contributed by atoms with Gasteiger partial charge >= 0.3 is 12.1 Å². The highest BCUT2D eigenvalue weighted by Gasteiger charge is 2.29. The lowest BCUT2D eigenvalue weighted by atomic mass is 9.98. The highest BCUT2D eigenvalue weighted by molar-refractivity contribution is 5.84. The SMILES string of the molecule is CCC(C)[C@H](NC(=O)CC(C)CCNC(=O)OCC1c2ccccc2-c2ccccc21)C(=O)O. The van der Waals surface area contributed by atoms with Gasteiger partial charge in [-0.25, -0.2) is 9.59 Å². The summed E-state index contributed by atoms with van der Waals surface area (Å²) in [5.41, 5.74) is 4.68. The maximum Gasteiger partial charge on any atom is 0.407 e. The molecule has 0 radical (unpaired) electrons. The van der Waals surface area contributed by atoms with Crippen molar-refractivity contribution in [2.24, 2.45) is 11.8 Å². The molecule has 2 unspecified atom stereocenters. The van der Waals surface area contributed by atoms with Gasteiger partial charge in [0.25, 0.3) is 0 Å². The van der Waals surface area contributed by atoms with Gasteiger partial charge in [-0.2, -0.15) is 0 Å². The summed E-state index contributed by atoms with van der Waals surface area (Å²) in [6.45, 7) is 6.23. The average Bonchev–Trinajstić information content (AvgIpc) is 3.14. The molecule has 2 aromatic carbocycles. The molecule has 7 nitrogen and oxygen atoms in total. The molecule has 182 valence electrons. The van der Waals surface area contributed by atoms with Crippen molar-refractivity contribution in [3.05, 3.63) is 59.7 Å². The van der Waals surface area contributed by atoms with Crippen molar-refractivity contribution in [3.8, 4) is 11.1 Å². The molecule has 0 heterocycles. The fourth-order valence-electron chi connectivity index (χ4n) is 4.40. The Hall–Kier alpha value is -3.35. The van der Waals surface area contributed by atoms with Crippen LogP contribution in [0, 0.1) is 11.8 Å². The second-order valence-electron chi connectivity index (χ2n) is 9.12. The first-order valence-electron chi connectivity index (χ1n) is 11.9. The predicted octanol–water partition coefficient (Wildman–Crippen LogP) is 4.56. The van der Waals surface area contributed by atoms with E-state index in [2.05, 4.69) is 34.9 Å². The minimum Gasteiger partial charge on any atom is -0.480 e. The van der Waals surface area contributed by atoms with Gasteiger partial charge in [-0.1, -0.05) is 75.7 Å². The molecule has 0 saturated carbocycles. The Morgan fingerprint density at radius 3 is 2.15 bits per heavy atom. The van der Waals surface area contributed by atoms with Crippen LogP contribution < -0.4 is 10.6 Å². The zero-order valence-electron chi connectivity index (χ0n) is 20.0. The molecule has 0 fully saturated rings. The number of carboxylic acid groups (broad SMARTS) is 1. The van der Waals surface area contributed by atoms with E-state index < -0.39 is 18.1 Å². The van der Waals surface area contributed by atoms with Crippen LogP contribution in [0.4, 0.5) is 4.79 Å². The Morgan fingerprint density at radius 1 is 1.00 bits per heavy atom. The summed E-state index contributed by atoms with van der Waals surface area (Å²) in [6.07, 6.45) is 0.962. The van der Waals surface area contributed by atoms with Crippen LogP contribution in [0.2, 0.25) is 0 Å². The van der Waals surface area contributed by atoms with Crippen molar-refractivity contribution < 1.29 is 24.2 Å². The van der Waals surface area contributed by atoms with E-state index in [1.165, 1.54) is 11.1 Å². The third kappa shape index (κ3) is 6.16. The van der Waals surface area contributed by atoms with Gasteiger partial charge in [-0.05, 0) is 40.5 Å². The maximum atomic E-state index is 12.3. The lowest BCUT2D eigenvalue weighted by Gasteiger charge is -2.21. The largest absolute Gasteiger partial charge is 0.480 e. The molecule has 7 heteroatoms. The van der Waals surface area contributed by atoms with Gasteiger partial charge in [0, 0.05) is 18.9 Å². The topological polar surface area (TPSA) is 105 Å². The minimum absolute atomic E-state index is 0.00784. The Morgan fingerprint density at radius 2 is 1.59 bits per heavy atom. The number of carboxylic acids is 1. The third-order valence-corrected chi connectivity index (χ3v) is 6.58. The van der Waals surface area contributed by atoms with Crippen LogP contribution in [-0.2, 0) is 14.3 Å². The van der Waals surface area contributed by atoms with E-state index in [0.29, 0.717) is 19.4 Å². The van der Waals surface area contributed by atoms with Crippen LogP contribution in [-0.4, -0.2) is 42.3 Å². The van der Waals surface area contributed by atoms with Gasteiger partial charge in [0.15, 0.2) is 0 Å². The lowest BCUT2D eigenvalue weighted by Crippen LogP contribution is -2.45. The van der Waals surface area contributed by atoms with Crippen molar-refractivity contribution in [1.82, 2.24) is 10.6 Å². The number of hydrogen-bond acceptors (Lipinski definition) is 4. The summed E-state index contributed by atoms with van der Waals surface area (Å²) >= 11 is 0. The smallest absolute Gasteiger partial charge is 0.407 e. The van der Waals surface area contributed by atoms with Crippen molar-refractivity contribution in [2.45, 2.75) is 52.0 Å². The van der Waals surface area contributed by atoms with Crippen LogP contribution in [0.15, 0.2) is 48.5 Å². The summed E-state index contributed by atoms with van der Waals surface area (Å²) < 4.78 is 5.53. The molecule has 0 spiro atoms. The van der Waals surface area contributed by atoms with Gasteiger partial charge in [-0.15, -0.1) is 0 Å². The van der Waals surface area contributed by atoms with E-state index in [1.807, 2.05) is 38.1 Å². The molecule has 0 saturated heterocycles. The van der Waals surface area contributed by atoms with Gasteiger partial charge < -0.3 is 20.5 Å². The molecular formula is C27H34N2O5. The van der Waals surface area contributed by atoms with Crippen LogP contribution >= 0.6 is 0 Å². The van der Waals surface area contributed by atoms with E-state index in [0.717, 1.165) is 11.1 Å². The second kappa shape index (κ2) is 11.7. The monoisotopic (exact) mass is 466 g/mol. The third-order valence-electron chi connectivity index (χ3n) is 6.58. The molecule has 3 N–H and O–H groups in total. The Bertz CT molecular complexity index is 976. The molecule has 0 aromatic heterocycles. The number of hydrogen-bond donors (Lipinski definition) is 3. The molecular weight excluding hydrogens is 432 g/mol. The Balaban J connectivity index is 1.42. The van der Waals surface area contributed by atoms with E-state index in [-0.39, 0.29) is 36.7 Å². The number of amides is 2. The second-order valence-corrected chi connectivity index (χ2v) is 9.12. The molecule has 1 aliphatic rings. The lowest BCUT2D eigenvalue weighted by molar-refractivity contribution is -0.143. The van der Waals surface area contributed by atoms with Crippen molar-refractivity contribution in [2.75, 3.05) is 13.2 Å². The number of nitrogens with one attached hydrogen (secondary N) is 2. The molecule has 0 aliphatic heterocycles. The average molecular weight is 467 g/mol. The highest BCUT2D eigenvalue weighted by Crippen LogP contribution is 2.44. The standard InChI is InChI=1S/C27H34N2O5/c1-4-18(3)25(26(31)32)29-24(30)15-17(2)13-14-28-27(33)34-16-23-21-11-7-5-9-19(21)20-10-6-8-12-22(20)23/h5-12,17-18,23,25H,4,13-16H2,1-3H3,(H,28,33)(H,29,30)(H,31,32)/t17?,18?,25-/m0/s1. The molecule has 0 bridgehead atoms. The number of ether oxygens (including phenoxy) is 1. The summed E-state index contributed by atoms with van der Waals surface area (Å²) in [5.74, 6) is -1.46. The first-order valence-corrected chi connectivity index (χ1v) is 11.9.